The van der Waals surface area contributed by atoms with Crippen molar-refractivity contribution < 1.29 is 19.1 Å². The summed E-state index contributed by atoms with van der Waals surface area (Å²) < 4.78 is 13.6. The van der Waals surface area contributed by atoms with Crippen molar-refractivity contribution in [1.82, 2.24) is 4.90 Å². The van der Waals surface area contributed by atoms with E-state index in [1.165, 1.54) is 6.07 Å². The van der Waals surface area contributed by atoms with Crippen LogP contribution in [0.5, 0.6) is 0 Å². The zero-order chi connectivity index (χ0) is 15.6. The van der Waals surface area contributed by atoms with Crippen molar-refractivity contribution in [2.24, 2.45) is 11.8 Å². The predicted octanol–water partition coefficient (Wildman–Crippen LogP) is 3.03. The number of carbonyl (C=O) groups excluding carboxylic acids is 1. The molecule has 1 aromatic rings. The lowest BCUT2D eigenvalue weighted by atomic mass is 9.92. The van der Waals surface area contributed by atoms with E-state index in [1.54, 1.807) is 4.90 Å². The van der Waals surface area contributed by atoms with Gasteiger partial charge >= 0.3 is 12.0 Å². The van der Waals surface area contributed by atoms with Crippen molar-refractivity contribution >= 4 is 17.7 Å². The van der Waals surface area contributed by atoms with E-state index in [2.05, 4.69) is 19.2 Å². The first-order chi connectivity index (χ1) is 9.86. The van der Waals surface area contributed by atoms with E-state index in [-0.39, 0.29) is 11.7 Å². The highest BCUT2D eigenvalue weighted by atomic mass is 19.1. The summed E-state index contributed by atoms with van der Waals surface area (Å²) in [6.07, 6.45) is 1.09. The number of rotatable bonds is 2. The fourth-order valence-electron chi connectivity index (χ4n) is 2.80. The Kier molecular flexibility index (Phi) is 4.45. The van der Waals surface area contributed by atoms with Crippen molar-refractivity contribution in [1.29, 1.82) is 0 Å². The highest BCUT2D eigenvalue weighted by molar-refractivity contribution is 5.91. The molecule has 2 atom stereocenters. The smallest absolute Gasteiger partial charge is 0.338 e. The Morgan fingerprint density at radius 2 is 1.90 bits per heavy atom. The first kappa shape index (κ1) is 15.3. The van der Waals surface area contributed by atoms with Crippen molar-refractivity contribution in [2.75, 3.05) is 18.4 Å². The van der Waals surface area contributed by atoms with Gasteiger partial charge in [-0.05, 0) is 36.5 Å². The van der Waals surface area contributed by atoms with E-state index in [4.69, 9.17) is 5.11 Å². The maximum atomic E-state index is 13.6. The van der Waals surface area contributed by atoms with Gasteiger partial charge in [-0.3, -0.25) is 0 Å². The zero-order valence-corrected chi connectivity index (χ0v) is 12.1. The molecule has 2 N–H and O–H groups in total. The molecule has 0 aromatic heterocycles. The second-order valence-corrected chi connectivity index (χ2v) is 5.78. The van der Waals surface area contributed by atoms with Crippen LogP contribution in [0.2, 0.25) is 0 Å². The molecule has 6 heteroatoms. The van der Waals surface area contributed by atoms with Gasteiger partial charge in [0.25, 0.3) is 0 Å². The number of piperidine rings is 1. The third-order valence-electron chi connectivity index (χ3n) is 3.61. The number of anilines is 1. The van der Waals surface area contributed by atoms with Crippen molar-refractivity contribution in [3.8, 4) is 0 Å². The molecule has 2 amide bonds. The van der Waals surface area contributed by atoms with Crippen LogP contribution in [-0.4, -0.2) is 35.1 Å². The average Bonchev–Trinajstić information content (AvgIpc) is 2.37. The predicted molar refractivity (Wildman–Crippen MR) is 76.9 cm³/mol. The van der Waals surface area contributed by atoms with Gasteiger partial charge in [0, 0.05) is 18.8 Å². The van der Waals surface area contributed by atoms with Gasteiger partial charge in [0.1, 0.15) is 5.82 Å². The number of carboxylic acids is 1. The molecule has 1 aromatic carbocycles. The molecule has 0 radical (unpaired) electrons. The highest BCUT2D eigenvalue weighted by Gasteiger charge is 2.25. The van der Waals surface area contributed by atoms with Crippen molar-refractivity contribution in [3.05, 3.63) is 29.6 Å². The Hall–Kier alpha value is -2.11. The van der Waals surface area contributed by atoms with Gasteiger partial charge in [0.2, 0.25) is 0 Å². The lowest BCUT2D eigenvalue weighted by Gasteiger charge is -2.34. The maximum absolute atomic E-state index is 13.6. The normalized spacial score (nSPS) is 22.0. The number of urea groups is 1. The zero-order valence-electron chi connectivity index (χ0n) is 12.1. The summed E-state index contributed by atoms with van der Waals surface area (Å²) in [4.78, 5) is 24.6. The molecule has 0 aliphatic carbocycles. The molecule has 114 valence electrons. The van der Waals surface area contributed by atoms with E-state index in [1.807, 2.05) is 0 Å². The molecule has 5 nitrogen and oxygen atoms in total. The minimum atomic E-state index is -1.33. The quantitative estimate of drug-likeness (QED) is 0.880. The van der Waals surface area contributed by atoms with Crippen molar-refractivity contribution in [3.63, 3.8) is 0 Å². The number of halogens is 1. The fraction of sp³-hybridized carbons (Fsp3) is 0.467. The first-order valence-corrected chi connectivity index (χ1v) is 6.95. The number of aromatic carboxylic acids is 1. The number of hydrogen-bond donors (Lipinski definition) is 2. The topological polar surface area (TPSA) is 69.6 Å². The molecule has 0 saturated carbocycles. The van der Waals surface area contributed by atoms with Crippen LogP contribution in [0.25, 0.3) is 0 Å². The maximum Gasteiger partial charge on any atom is 0.338 e. The lowest BCUT2D eigenvalue weighted by molar-refractivity contribution is 0.0692. The number of nitrogens with one attached hydrogen (secondary N) is 1. The summed E-state index contributed by atoms with van der Waals surface area (Å²) in [5.74, 6) is -1.32. The van der Waals surface area contributed by atoms with Gasteiger partial charge in [-0.2, -0.15) is 0 Å². The summed E-state index contributed by atoms with van der Waals surface area (Å²) in [6, 6.07) is 3.28. The Morgan fingerprint density at radius 3 is 2.43 bits per heavy atom. The van der Waals surface area contributed by atoms with Crippen LogP contribution in [-0.2, 0) is 0 Å². The number of carbonyl (C=O) groups is 2. The lowest BCUT2D eigenvalue weighted by Crippen LogP contribution is -2.44. The van der Waals surface area contributed by atoms with Gasteiger partial charge in [-0.15, -0.1) is 0 Å². The molecule has 0 spiro atoms. The highest BCUT2D eigenvalue weighted by Crippen LogP contribution is 2.22. The monoisotopic (exact) mass is 294 g/mol. The molecule has 2 rings (SSSR count). The molecule has 1 aliphatic rings. The van der Waals surface area contributed by atoms with Crippen molar-refractivity contribution in [2.45, 2.75) is 20.3 Å². The van der Waals surface area contributed by atoms with E-state index in [9.17, 15) is 14.0 Å². The first-order valence-electron chi connectivity index (χ1n) is 6.95. The largest absolute Gasteiger partial charge is 0.478 e. The van der Waals surface area contributed by atoms with E-state index in [0.29, 0.717) is 24.9 Å². The summed E-state index contributed by atoms with van der Waals surface area (Å²) in [5.41, 5.74) is -0.151. The third-order valence-corrected chi connectivity index (χ3v) is 3.61. The van der Waals surface area contributed by atoms with E-state index < -0.39 is 17.3 Å². The number of likely N-dealkylation sites (tertiary alicyclic amines) is 1. The number of nitrogens with zero attached hydrogens (tertiary/aromatic N) is 1. The average molecular weight is 294 g/mol. The number of benzene rings is 1. The molecular weight excluding hydrogens is 275 g/mol. The van der Waals surface area contributed by atoms with Crippen LogP contribution in [0.15, 0.2) is 18.2 Å². The van der Waals surface area contributed by atoms with E-state index in [0.717, 1.165) is 18.6 Å². The second kappa shape index (κ2) is 6.11. The molecular formula is C15H19FN2O3. The molecule has 1 fully saturated rings. The molecule has 2 unspecified atom stereocenters. The Bertz CT molecular complexity index is 552. The van der Waals surface area contributed by atoms with Crippen LogP contribution in [0, 0.1) is 17.7 Å². The standard InChI is InChI=1S/C15H19FN2O3/c1-9-5-10(2)8-18(7-9)15(21)17-11-3-4-12(14(19)20)13(16)6-11/h3-4,6,9-10H,5,7-8H2,1-2H3,(H,17,21)(H,19,20). The molecule has 1 heterocycles. The summed E-state index contributed by atoms with van der Waals surface area (Å²) >= 11 is 0. The van der Waals surface area contributed by atoms with Crippen LogP contribution in [0.1, 0.15) is 30.6 Å². The fourth-order valence-corrected chi connectivity index (χ4v) is 2.80. The summed E-state index contributed by atoms with van der Waals surface area (Å²) in [5, 5.41) is 11.4. The number of carboxylic acid groups (broad SMARTS) is 1. The molecule has 1 aliphatic heterocycles. The van der Waals surface area contributed by atoms with Gasteiger partial charge in [0.15, 0.2) is 0 Å². The van der Waals surface area contributed by atoms with Gasteiger partial charge in [0.05, 0.1) is 5.56 Å². The molecule has 0 bridgehead atoms. The van der Waals surface area contributed by atoms with Gasteiger partial charge in [-0.1, -0.05) is 13.8 Å². The molecule has 21 heavy (non-hydrogen) atoms. The second-order valence-electron chi connectivity index (χ2n) is 5.78. The van der Waals surface area contributed by atoms with E-state index >= 15 is 0 Å². The van der Waals surface area contributed by atoms with Crippen LogP contribution >= 0.6 is 0 Å². The van der Waals surface area contributed by atoms with Crippen LogP contribution in [0.3, 0.4) is 0 Å². The molecule has 1 saturated heterocycles. The Morgan fingerprint density at radius 1 is 1.29 bits per heavy atom. The SMILES string of the molecule is CC1CC(C)CN(C(=O)Nc2ccc(C(=O)O)c(F)c2)C1. The Balaban J connectivity index is 2.06. The summed E-state index contributed by atoms with van der Waals surface area (Å²) in [6.45, 7) is 5.53. The Labute approximate surface area is 122 Å². The number of hydrogen-bond acceptors (Lipinski definition) is 2. The minimum absolute atomic E-state index is 0.258. The minimum Gasteiger partial charge on any atom is -0.478 e. The van der Waals surface area contributed by atoms with Crippen LogP contribution in [0.4, 0.5) is 14.9 Å². The van der Waals surface area contributed by atoms with Gasteiger partial charge < -0.3 is 15.3 Å². The third kappa shape index (κ3) is 3.71. The summed E-state index contributed by atoms with van der Waals surface area (Å²) in [7, 11) is 0. The van der Waals surface area contributed by atoms with Crippen LogP contribution < -0.4 is 5.32 Å². The number of amides is 2. The van der Waals surface area contributed by atoms with Gasteiger partial charge in [-0.25, -0.2) is 14.0 Å².